The second-order valence-electron chi connectivity index (χ2n) is 6.54. The van der Waals surface area contributed by atoms with Gasteiger partial charge in [0.2, 0.25) is 0 Å². The first kappa shape index (κ1) is 18.0. The summed E-state index contributed by atoms with van der Waals surface area (Å²) in [5.74, 6) is 0.120. The Hall–Kier alpha value is -2.83. The molecular weight excluding hydrogens is 334 g/mol. The smallest absolute Gasteiger partial charge is 0.303 e. The highest BCUT2D eigenvalue weighted by Crippen LogP contribution is 2.22. The molecule has 138 valence electrons. The van der Waals surface area contributed by atoms with E-state index in [0.29, 0.717) is 25.2 Å². The summed E-state index contributed by atoms with van der Waals surface area (Å²) in [5.41, 5.74) is 1.25. The Balaban J connectivity index is 1.66. The van der Waals surface area contributed by atoms with Crippen LogP contribution in [0.2, 0.25) is 0 Å². The van der Waals surface area contributed by atoms with Crippen LogP contribution in [0.4, 0.5) is 0 Å². The Morgan fingerprint density at radius 3 is 2.73 bits per heavy atom. The van der Waals surface area contributed by atoms with E-state index < -0.39 is 5.97 Å². The number of likely N-dealkylation sites (tertiary alicyclic amines) is 1. The van der Waals surface area contributed by atoms with Gasteiger partial charge in [0.1, 0.15) is 5.75 Å². The number of amides is 1. The maximum absolute atomic E-state index is 12.7. The lowest BCUT2D eigenvalue weighted by molar-refractivity contribution is -0.137. The molecule has 0 bridgehead atoms. The average Bonchev–Trinajstić information content (AvgIpc) is 3.16. The molecule has 1 aliphatic heterocycles. The SMILES string of the molecule is COc1ccc(-n2ccc(C(=O)N3CCC[C@H](CCC(=O)O)C3)n2)cc1. The van der Waals surface area contributed by atoms with E-state index in [2.05, 4.69) is 5.10 Å². The predicted octanol–water partition coefficient (Wildman–Crippen LogP) is 2.60. The zero-order valence-corrected chi connectivity index (χ0v) is 14.8. The number of hydrogen-bond donors (Lipinski definition) is 1. The lowest BCUT2D eigenvalue weighted by Crippen LogP contribution is -2.40. The van der Waals surface area contributed by atoms with Crippen molar-refractivity contribution in [3.63, 3.8) is 0 Å². The predicted molar refractivity (Wildman–Crippen MR) is 95.6 cm³/mol. The molecule has 7 heteroatoms. The molecule has 1 fully saturated rings. The van der Waals surface area contributed by atoms with Crippen LogP contribution in [0.1, 0.15) is 36.2 Å². The van der Waals surface area contributed by atoms with Crippen molar-refractivity contribution in [3.8, 4) is 11.4 Å². The van der Waals surface area contributed by atoms with Gasteiger partial charge >= 0.3 is 5.97 Å². The van der Waals surface area contributed by atoms with E-state index in [1.165, 1.54) is 0 Å². The van der Waals surface area contributed by atoms with Gasteiger partial charge < -0.3 is 14.7 Å². The molecular formula is C19H23N3O4. The molecule has 3 rings (SSSR count). The van der Waals surface area contributed by atoms with Crippen LogP contribution < -0.4 is 4.74 Å². The molecule has 0 spiro atoms. The molecule has 1 atom stereocenters. The molecule has 26 heavy (non-hydrogen) atoms. The molecule has 1 aromatic heterocycles. The van der Waals surface area contributed by atoms with E-state index >= 15 is 0 Å². The summed E-state index contributed by atoms with van der Waals surface area (Å²) in [4.78, 5) is 25.3. The van der Waals surface area contributed by atoms with Crippen LogP contribution in [0.3, 0.4) is 0 Å². The number of benzene rings is 1. The van der Waals surface area contributed by atoms with Crippen molar-refractivity contribution in [1.82, 2.24) is 14.7 Å². The Kier molecular flexibility index (Phi) is 5.55. The maximum Gasteiger partial charge on any atom is 0.303 e. The maximum atomic E-state index is 12.7. The number of carboxylic acids is 1. The second-order valence-corrected chi connectivity index (χ2v) is 6.54. The van der Waals surface area contributed by atoms with Crippen molar-refractivity contribution in [2.75, 3.05) is 20.2 Å². The third-order valence-corrected chi connectivity index (χ3v) is 4.72. The lowest BCUT2D eigenvalue weighted by atomic mass is 9.93. The molecule has 1 amide bonds. The minimum Gasteiger partial charge on any atom is -0.497 e. The molecule has 7 nitrogen and oxygen atoms in total. The third-order valence-electron chi connectivity index (χ3n) is 4.72. The number of carbonyl (C=O) groups excluding carboxylic acids is 1. The lowest BCUT2D eigenvalue weighted by Gasteiger charge is -2.32. The van der Waals surface area contributed by atoms with Gasteiger partial charge in [-0.05, 0) is 55.5 Å². The van der Waals surface area contributed by atoms with Crippen molar-refractivity contribution in [3.05, 3.63) is 42.2 Å². The number of methoxy groups -OCH3 is 1. The van der Waals surface area contributed by atoms with E-state index in [1.807, 2.05) is 24.3 Å². The third kappa shape index (κ3) is 4.22. The first-order valence-electron chi connectivity index (χ1n) is 8.78. The fourth-order valence-electron chi connectivity index (χ4n) is 3.29. The number of piperidine rings is 1. The summed E-state index contributed by atoms with van der Waals surface area (Å²) >= 11 is 0. The summed E-state index contributed by atoms with van der Waals surface area (Å²) in [6, 6.07) is 9.16. The largest absolute Gasteiger partial charge is 0.497 e. The first-order chi connectivity index (χ1) is 12.6. The minimum absolute atomic E-state index is 0.0997. The summed E-state index contributed by atoms with van der Waals surface area (Å²) < 4.78 is 6.81. The van der Waals surface area contributed by atoms with Crippen LogP contribution in [0.25, 0.3) is 5.69 Å². The zero-order chi connectivity index (χ0) is 18.5. The van der Waals surface area contributed by atoms with Gasteiger partial charge in [0.05, 0.1) is 12.8 Å². The van der Waals surface area contributed by atoms with Gasteiger partial charge in [0.25, 0.3) is 5.91 Å². The van der Waals surface area contributed by atoms with Gasteiger partial charge in [-0.2, -0.15) is 5.10 Å². The van der Waals surface area contributed by atoms with Crippen LogP contribution in [-0.2, 0) is 4.79 Å². The number of carbonyl (C=O) groups is 2. The summed E-state index contributed by atoms with van der Waals surface area (Å²) in [6.07, 6.45) is 4.39. The molecule has 1 N–H and O–H groups in total. The Bertz CT molecular complexity index is 769. The molecule has 0 saturated carbocycles. The van der Waals surface area contributed by atoms with Crippen molar-refractivity contribution in [2.24, 2.45) is 5.92 Å². The van der Waals surface area contributed by atoms with Gasteiger partial charge in [-0.25, -0.2) is 4.68 Å². The molecule has 2 heterocycles. The molecule has 2 aromatic rings. The topological polar surface area (TPSA) is 84.7 Å². The van der Waals surface area contributed by atoms with Crippen LogP contribution in [0.5, 0.6) is 5.75 Å². The van der Waals surface area contributed by atoms with Gasteiger partial charge in [-0.15, -0.1) is 0 Å². The normalized spacial score (nSPS) is 17.1. The number of hydrogen-bond acceptors (Lipinski definition) is 4. The van der Waals surface area contributed by atoms with Crippen LogP contribution in [-0.4, -0.2) is 51.9 Å². The number of carboxylic acid groups (broad SMARTS) is 1. The van der Waals surface area contributed by atoms with Crippen molar-refractivity contribution in [2.45, 2.75) is 25.7 Å². The summed E-state index contributed by atoms with van der Waals surface area (Å²) in [7, 11) is 1.61. The highest BCUT2D eigenvalue weighted by atomic mass is 16.5. The minimum atomic E-state index is -0.785. The molecule has 1 saturated heterocycles. The number of aliphatic carboxylic acids is 1. The quantitative estimate of drug-likeness (QED) is 0.859. The van der Waals surface area contributed by atoms with Gasteiger partial charge in [-0.1, -0.05) is 0 Å². The summed E-state index contributed by atoms with van der Waals surface area (Å²) in [5, 5.41) is 13.2. The second kappa shape index (κ2) is 8.03. The number of ether oxygens (including phenoxy) is 1. The fraction of sp³-hybridized carbons (Fsp3) is 0.421. The Morgan fingerprint density at radius 1 is 1.27 bits per heavy atom. The molecule has 0 unspecified atom stereocenters. The van der Waals surface area contributed by atoms with Crippen LogP contribution in [0.15, 0.2) is 36.5 Å². The van der Waals surface area contributed by atoms with Crippen molar-refractivity contribution in [1.29, 1.82) is 0 Å². The van der Waals surface area contributed by atoms with E-state index in [0.717, 1.165) is 24.3 Å². The van der Waals surface area contributed by atoms with Crippen LogP contribution in [0, 0.1) is 5.92 Å². The van der Waals surface area contributed by atoms with Crippen LogP contribution >= 0.6 is 0 Å². The fourth-order valence-corrected chi connectivity index (χ4v) is 3.29. The highest BCUT2D eigenvalue weighted by molar-refractivity contribution is 5.92. The van der Waals surface area contributed by atoms with Crippen molar-refractivity contribution < 1.29 is 19.4 Å². The van der Waals surface area contributed by atoms with Crippen molar-refractivity contribution >= 4 is 11.9 Å². The Morgan fingerprint density at radius 2 is 2.04 bits per heavy atom. The first-order valence-corrected chi connectivity index (χ1v) is 8.78. The number of nitrogens with zero attached hydrogens (tertiary/aromatic N) is 3. The molecule has 1 aromatic carbocycles. The molecule has 0 aliphatic carbocycles. The van der Waals surface area contributed by atoms with Gasteiger partial charge in [0.15, 0.2) is 5.69 Å². The van der Waals surface area contributed by atoms with Gasteiger partial charge in [-0.3, -0.25) is 9.59 Å². The van der Waals surface area contributed by atoms with E-state index in [4.69, 9.17) is 9.84 Å². The Labute approximate surface area is 152 Å². The van der Waals surface area contributed by atoms with Gasteiger partial charge in [0, 0.05) is 25.7 Å². The molecule has 1 aliphatic rings. The van der Waals surface area contributed by atoms with E-state index in [9.17, 15) is 9.59 Å². The van der Waals surface area contributed by atoms with E-state index in [1.54, 1.807) is 29.0 Å². The summed E-state index contributed by atoms with van der Waals surface area (Å²) in [6.45, 7) is 1.29. The standard InChI is InChI=1S/C19H23N3O4/c1-26-16-7-5-15(6-8-16)22-12-10-17(20-22)19(25)21-11-2-3-14(13-21)4-9-18(23)24/h5-8,10,12,14H,2-4,9,11,13H2,1H3,(H,23,24)/t14-/m1/s1. The number of aromatic nitrogens is 2. The average molecular weight is 357 g/mol. The highest BCUT2D eigenvalue weighted by Gasteiger charge is 2.26. The molecule has 0 radical (unpaired) electrons. The van der Waals surface area contributed by atoms with E-state index in [-0.39, 0.29) is 18.2 Å². The zero-order valence-electron chi connectivity index (χ0n) is 14.8. The monoisotopic (exact) mass is 357 g/mol. The number of rotatable bonds is 6.